The van der Waals surface area contributed by atoms with Gasteiger partial charge in [0.2, 0.25) is 0 Å². The van der Waals surface area contributed by atoms with Gasteiger partial charge >= 0.3 is 0 Å². The number of nitrogens with one attached hydrogen (secondary N) is 2. The van der Waals surface area contributed by atoms with Crippen molar-refractivity contribution in [3.8, 4) is 0 Å². The van der Waals surface area contributed by atoms with Crippen molar-refractivity contribution in [1.82, 2.24) is 10.3 Å². The lowest BCUT2D eigenvalue weighted by Crippen LogP contribution is -2.21. The van der Waals surface area contributed by atoms with Crippen molar-refractivity contribution < 1.29 is 0 Å². The predicted molar refractivity (Wildman–Crippen MR) is 71.1 cm³/mol. The predicted octanol–water partition coefficient (Wildman–Crippen LogP) is 3.79. The maximum Gasteiger partial charge on any atom is 0.0356 e. The van der Waals surface area contributed by atoms with Gasteiger partial charge in [0.1, 0.15) is 0 Å². The minimum Gasteiger partial charge on any atom is -0.385 e. The third kappa shape index (κ3) is 4.13. The average molecular weight is 220 g/mol. The van der Waals surface area contributed by atoms with Crippen LogP contribution in [0, 0.1) is 5.92 Å². The zero-order valence-electron chi connectivity index (χ0n) is 10.6. The first-order valence-electron chi connectivity index (χ1n) is 6.33. The molecule has 0 aromatic carbocycles. The molecule has 16 heavy (non-hydrogen) atoms. The lowest BCUT2D eigenvalue weighted by molar-refractivity contribution is 0.433. The normalized spacial score (nSPS) is 10.7. The van der Waals surface area contributed by atoms with Crippen LogP contribution in [-0.4, -0.2) is 11.5 Å². The van der Waals surface area contributed by atoms with Gasteiger partial charge in [-0.2, -0.15) is 0 Å². The van der Waals surface area contributed by atoms with E-state index in [4.69, 9.17) is 0 Å². The Kier molecular flexibility index (Phi) is 5.76. The number of hydrogen-bond donors (Lipinski definition) is 2. The lowest BCUT2D eigenvalue weighted by atomic mass is 9.98. The quantitative estimate of drug-likeness (QED) is 0.685. The summed E-state index contributed by atoms with van der Waals surface area (Å²) < 4.78 is 0. The Hall–Kier alpha value is -1.18. The summed E-state index contributed by atoms with van der Waals surface area (Å²) in [5.41, 5.74) is 2.19. The molecule has 0 atom stereocenters. The summed E-state index contributed by atoms with van der Waals surface area (Å²) in [5.74, 6) is 0.783. The average Bonchev–Trinajstić information content (AvgIpc) is 2.79. The molecule has 2 N–H and O–H groups in total. The van der Waals surface area contributed by atoms with Crippen molar-refractivity contribution in [2.75, 3.05) is 6.54 Å². The summed E-state index contributed by atoms with van der Waals surface area (Å²) in [6, 6.07) is 2.05. The maximum atomic E-state index is 4.06. The van der Waals surface area contributed by atoms with Crippen LogP contribution in [0.4, 0.5) is 0 Å². The van der Waals surface area contributed by atoms with Crippen LogP contribution in [0.3, 0.4) is 0 Å². The molecule has 0 radical (unpaired) electrons. The van der Waals surface area contributed by atoms with E-state index in [1.165, 1.54) is 25.7 Å². The second kappa shape index (κ2) is 7.15. The van der Waals surface area contributed by atoms with Gasteiger partial charge < -0.3 is 10.3 Å². The number of aromatic amines is 1. The fourth-order valence-corrected chi connectivity index (χ4v) is 2.05. The minimum atomic E-state index is 0.783. The first-order valence-corrected chi connectivity index (χ1v) is 6.33. The molecule has 1 aromatic heterocycles. The molecule has 1 rings (SSSR count). The molecule has 0 bridgehead atoms. The number of rotatable bonds is 8. The molecule has 0 unspecified atom stereocenters. The van der Waals surface area contributed by atoms with E-state index in [0.29, 0.717) is 0 Å². The SMILES string of the molecule is C=C(NCC(CCC)CCC)c1cc[nH]c1. The molecule has 0 aliphatic rings. The van der Waals surface area contributed by atoms with Crippen molar-refractivity contribution in [3.63, 3.8) is 0 Å². The van der Waals surface area contributed by atoms with Crippen molar-refractivity contribution in [3.05, 3.63) is 30.6 Å². The minimum absolute atomic E-state index is 0.783. The molecule has 0 saturated heterocycles. The van der Waals surface area contributed by atoms with E-state index in [2.05, 4.69) is 30.7 Å². The highest BCUT2D eigenvalue weighted by molar-refractivity contribution is 5.60. The molecule has 0 aliphatic heterocycles. The van der Waals surface area contributed by atoms with Gasteiger partial charge in [-0.15, -0.1) is 0 Å². The van der Waals surface area contributed by atoms with E-state index >= 15 is 0 Å². The van der Waals surface area contributed by atoms with Crippen LogP contribution >= 0.6 is 0 Å². The van der Waals surface area contributed by atoms with E-state index in [0.717, 1.165) is 23.7 Å². The fraction of sp³-hybridized carbons (Fsp3) is 0.571. The Labute approximate surface area is 99.2 Å². The molecule has 0 fully saturated rings. The van der Waals surface area contributed by atoms with Gasteiger partial charge in [-0.3, -0.25) is 0 Å². The van der Waals surface area contributed by atoms with Crippen molar-refractivity contribution in [2.24, 2.45) is 5.92 Å². The van der Waals surface area contributed by atoms with Gasteiger partial charge in [-0.25, -0.2) is 0 Å². The van der Waals surface area contributed by atoms with Crippen LogP contribution in [-0.2, 0) is 0 Å². The van der Waals surface area contributed by atoms with Crippen LogP contribution in [0.1, 0.15) is 45.1 Å². The summed E-state index contributed by atoms with van der Waals surface area (Å²) in [6.07, 6.45) is 9.05. The van der Waals surface area contributed by atoms with Gasteiger partial charge in [0.05, 0.1) is 0 Å². The van der Waals surface area contributed by atoms with Crippen LogP contribution in [0.2, 0.25) is 0 Å². The van der Waals surface area contributed by atoms with Gasteiger partial charge in [-0.05, 0) is 24.8 Å². The third-order valence-electron chi connectivity index (χ3n) is 2.94. The van der Waals surface area contributed by atoms with Crippen molar-refractivity contribution in [1.29, 1.82) is 0 Å². The van der Waals surface area contributed by atoms with Crippen LogP contribution in [0.15, 0.2) is 25.0 Å². The van der Waals surface area contributed by atoms with Crippen molar-refractivity contribution in [2.45, 2.75) is 39.5 Å². The Morgan fingerprint density at radius 2 is 2.06 bits per heavy atom. The standard InChI is InChI=1S/C14H24N2/c1-4-6-13(7-5-2)10-16-12(3)14-8-9-15-11-14/h8-9,11,13,15-16H,3-7,10H2,1-2H3. The molecule has 2 heteroatoms. The van der Waals surface area contributed by atoms with E-state index in [9.17, 15) is 0 Å². The number of aromatic nitrogens is 1. The number of hydrogen-bond acceptors (Lipinski definition) is 1. The first kappa shape index (κ1) is 12.9. The first-order chi connectivity index (χ1) is 7.77. The van der Waals surface area contributed by atoms with E-state index in [1.807, 2.05) is 18.5 Å². The maximum absolute atomic E-state index is 4.06. The Balaban J connectivity index is 2.34. The smallest absolute Gasteiger partial charge is 0.0356 e. The monoisotopic (exact) mass is 220 g/mol. The molecule has 0 amide bonds. The highest BCUT2D eigenvalue weighted by Crippen LogP contribution is 2.14. The summed E-state index contributed by atoms with van der Waals surface area (Å²) in [4.78, 5) is 3.05. The molecule has 1 aromatic rings. The third-order valence-corrected chi connectivity index (χ3v) is 2.94. The van der Waals surface area contributed by atoms with Gasteiger partial charge in [0, 0.05) is 30.2 Å². The topological polar surface area (TPSA) is 27.8 Å². The van der Waals surface area contributed by atoms with E-state index in [-0.39, 0.29) is 0 Å². The Morgan fingerprint density at radius 3 is 2.56 bits per heavy atom. The highest BCUT2D eigenvalue weighted by atomic mass is 14.9. The van der Waals surface area contributed by atoms with Crippen LogP contribution in [0.25, 0.3) is 5.70 Å². The molecular weight excluding hydrogens is 196 g/mol. The summed E-state index contributed by atoms with van der Waals surface area (Å²) in [5, 5.41) is 3.44. The molecular formula is C14H24N2. The summed E-state index contributed by atoms with van der Waals surface area (Å²) >= 11 is 0. The summed E-state index contributed by atoms with van der Waals surface area (Å²) in [6.45, 7) is 9.61. The Bertz CT molecular complexity index is 282. The van der Waals surface area contributed by atoms with Gasteiger partial charge in [-0.1, -0.05) is 33.3 Å². The molecule has 90 valence electrons. The highest BCUT2D eigenvalue weighted by Gasteiger charge is 2.07. The second-order valence-corrected chi connectivity index (χ2v) is 4.40. The molecule has 2 nitrogen and oxygen atoms in total. The Morgan fingerprint density at radius 1 is 1.38 bits per heavy atom. The van der Waals surface area contributed by atoms with Gasteiger partial charge in [0.15, 0.2) is 0 Å². The van der Waals surface area contributed by atoms with E-state index in [1.54, 1.807) is 0 Å². The molecule has 0 aliphatic carbocycles. The molecule has 1 heterocycles. The largest absolute Gasteiger partial charge is 0.385 e. The zero-order chi connectivity index (χ0) is 11.8. The zero-order valence-corrected chi connectivity index (χ0v) is 10.6. The van der Waals surface area contributed by atoms with Crippen LogP contribution < -0.4 is 5.32 Å². The van der Waals surface area contributed by atoms with E-state index < -0.39 is 0 Å². The summed E-state index contributed by atoms with van der Waals surface area (Å²) in [7, 11) is 0. The molecule has 0 spiro atoms. The fourth-order valence-electron chi connectivity index (χ4n) is 2.05. The lowest BCUT2D eigenvalue weighted by Gasteiger charge is -2.17. The van der Waals surface area contributed by atoms with Crippen molar-refractivity contribution >= 4 is 5.70 Å². The van der Waals surface area contributed by atoms with Gasteiger partial charge in [0.25, 0.3) is 0 Å². The molecule has 0 saturated carbocycles. The number of H-pyrrole nitrogens is 1. The van der Waals surface area contributed by atoms with Crippen LogP contribution in [0.5, 0.6) is 0 Å². The second-order valence-electron chi connectivity index (χ2n) is 4.40.